The fourth-order valence-electron chi connectivity index (χ4n) is 2.55. The minimum atomic E-state index is -0.725. The molecule has 0 unspecified atom stereocenters. The summed E-state index contributed by atoms with van der Waals surface area (Å²) in [6, 6.07) is 6.32. The maximum Gasteiger partial charge on any atom is 0.319 e. The van der Waals surface area contributed by atoms with Gasteiger partial charge < -0.3 is 24.8 Å². The summed E-state index contributed by atoms with van der Waals surface area (Å²) < 4.78 is 15.7. The number of amides is 2. The first kappa shape index (κ1) is 18.8. The van der Waals surface area contributed by atoms with E-state index in [1.165, 1.54) is 7.11 Å². The Hall–Kier alpha value is -2.54. The smallest absolute Gasteiger partial charge is 0.319 e. The average molecular weight is 348 g/mol. The van der Waals surface area contributed by atoms with Gasteiger partial charge in [-0.15, -0.1) is 0 Å². The van der Waals surface area contributed by atoms with E-state index in [1.807, 2.05) is 31.2 Å². The van der Waals surface area contributed by atoms with Crippen molar-refractivity contribution in [3.05, 3.63) is 42.1 Å². The minimum absolute atomic E-state index is 0.142. The number of carbonyl (C=O) groups is 2. The summed E-state index contributed by atoms with van der Waals surface area (Å²) in [5.74, 6) is -0.452. The zero-order chi connectivity index (χ0) is 18.2. The van der Waals surface area contributed by atoms with E-state index in [4.69, 9.17) is 14.2 Å². The standard InChI is InChI=1S/C18H24N2O5/c1-4-9-24-14-7-5-13(6-8-14)16-15(12(2)19-18(22)20-16)17(21)25-11-10-23-3/h5-8,15-16H,2,4,9-11H2,1,3H3,(H2,19,20,22)/t15-,16+/m1/s1. The van der Waals surface area contributed by atoms with E-state index in [9.17, 15) is 9.59 Å². The van der Waals surface area contributed by atoms with Gasteiger partial charge in [0.1, 0.15) is 18.3 Å². The predicted octanol–water partition coefficient (Wildman–Crippen LogP) is 2.15. The van der Waals surface area contributed by atoms with E-state index >= 15 is 0 Å². The van der Waals surface area contributed by atoms with Crippen molar-refractivity contribution in [1.82, 2.24) is 10.6 Å². The van der Waals surface area contributed by atoms with Crippen molar-refractivity contribution in [3.63, 3.8) is 0 Å². The van der Waals surface area contributed by atoms with Crippen LogP contribution in [0.5, 0.6) is 5.75 Å². The van der Waals surface area contributed by atoms with Crippen LogP contribution in [0.15, 0.2) is 36.5 Å². The van der Waals surface area contributed by atoms with Gasteiger partial charge in [0.25, 0.3) is 0 Å². The third-order valence-corrected chi connectivity index (χ3v) is 3.77. The molecule has 1 aliphatic heterocycles. The zero-order valence-corrected chi connectivity index (χ0v) is 14.5. The molecule has 1 aromatic rings. The predicted molar refractivity (Wildman–Crippen MR) is 92.1 cm³/mol. The molecule has 0 aliphatic carbocycles. The normalized spacial score (nSPS) is 19.8. The maximum absolute atomic E-state index is 12.4. The van der Waals surface area contributed by atoms with Gasteiger partial charge in [-0.3, -0.25) is 4.79 Å². The molecule has 1 aromatic carbocycles. The van der Waals surface area contributed by atoms with Crippen molar-refractivity contribution in [2.75, 3.05) is 26.9 Å². The molecule has 0 bridgehead atoms. The van der Waals surface area contributed by atoms with Crippen LogP contribution in [0.4, 0.5) is 4.79 Å². The largest absolute Gasteiger partial charge is 0.494 e. The van der Waals surface area contributed by atoms with E-state index in [2.05, 4.69) is 17.2 Å². The van der Waals surface area contributed by atoms with Crippen LogP contribution in [0.2, 0.25) is 0 Å². The van der Waals surface area contributed by atoms with E-state index < -0.39 is 24.0 Å². The van der Waals surface area contributed by atoms with Gasteiger partial charge in [-0.05, 0) is 24.1 Å². The molecule has 136 valence electrons. The fraction of sp³-hybridized carbons (Fsp3) is 0.444. The quantitative estimate of drug-likeness (QED) is 0.555. The lowest BCUT2D eigenvalue weighted by molar-refractivity contribution is -0.149. The average Bonchev–Trinajstić information content (AvgIpc) is 2.59. The van der Waals surface area contributed by atoms with Gasteiger partial charge in [0.05, 0.1) is 19.3 Å². The second-order valence-corrected chi connectivity index (χ2v) is 5.66. The first-order valence-corrected chi connectivity index (χ1v) is 8.21. The Morgan fingerprint density at radius 1 is 1.20 bits per heavy atom. The Morgan fingerprint density at radius 2 is 1.92 bits per heavy atom. The highest BCUT2D eigenvalue weighted by Gasteiger charge is 2.38. The highest BCUT2D eigenvalue weighted by Crippen LogP contribution is 2.31. The molecule has 0 saturated carbocycles. The molecule has 1 saturated heterocycles. The molecule has 1 fully saturated rings. The molecule has 7 heteroatoms. The van der Waals surface area contributed by atoms with Crippen LogP contribution in [-0.2, 0) is 14.3 Å². The Balaban J connectivity index is 2.16. The summed E-state index contributed by atoms with van der Waals surface area (Å²) in [7, 11) is 1.53. The molecule has 0 aromatic heterocycles. The van der Waals surface area contributed by atoms with Gasteiger partial charge in [-0.1, -0.05) is 25.6 Å². The summed E-state index contributed by atoms with van der Waals surface area (Å²) in [6.45, 7) is 6.91. The van der Waals surface area contributed by atoms with E-state index in [1.54, 1.807) is 0 Å². The van der Waals surface area contributed by atoms with E-state index in [0.717, 1.165) is 17.7 Å². The van der Waals surface area contributed by atoms with Crippen LogP contribution in [0.3, 0.4) is 0 Å². The van der Waals surface area contributed by atoms with Crippen LogP contribution < -0.4 is 15.4 Å². The van der Waals surface area contributed by atoms with Gasteiger partial charge in [0, 0.05) is 12.8 Å². The van der Waals surface area contributed by atoms with Crippen molar-refractivity contribution in [3.8, 4) is 5.75 Å². The molecular formula is C18H24N2O5. The number of urea groups is 1. The summed E-state index contributed by atoms with van der Waals surface area (Å²) >= 11 is 0. The van der Waals surface area contributed by atoms with Crippen LogP contribution in [0.1, 0.15) is 24.9 Å². The number of nitrogens with one attached hydrogen (secondary N) is 2. The lowest BCUT2D eigenvalue weighted by atomic mass is 9.89. The fourth-order valence-corrected chi connectivity index (χ4v) is 2.55. The topological polar surface area (TPSA) is 85.9 Å². The zero-order valence-electron chi connectivity index (χ0n) is 14.5. The number of hydrogen-bond donors (Lipinski definition) is 2. The number of carbonyl (C=O) groups excluding carboxylic acids is 2. The lowest BCUT2D eigenvalue weighted by Crippen LogP contribution is -2.51. The Morgan fingerprint density at radius 3 is 2.56 bits per heavy atom. The van der Waals surface area contributed by atoms with Crippen molar-refractivity contribution >= 4 is 12.0 Å². The molecule has 0 spiro atoms. The molecule has 25 heavy (non-hydrogen) atoms. The van der Waals surface area contributed by atoms with Crippen molar-refractivity contribution < 1.29 is 23.8 Å². The number of benzene rings is 1. The van der Waals surface area contributed by atoms with Crippen LogP contribution in [0.25, 0.3) is 0 Å². The monoisotopic (exact) mass is 348 g/mol. The van der Waals surface area contributed by atoms with Gasteiger partial charge >= 0.3 is 12.0 Å². The number of rotatable bonds is 8. The Labute approximate surface area is 147 Å². The van der Waals surface area contributed by atoms with Gasteiger partial charge in [-0.25, -0.2) is 4.79 Å². The lowest BCUT2D eigenvalue weighted by Gasteiger charge is -2.33. The minimum Gasteiger partial charge on any atom is -0.494 e. The first-order chi connectivity index (χ1) is 12.1. The van der Waals surface area contributed by atoms with Crippen molar-refractivity contribution in [1.29, 1.82) is 0 Å². The van der Waals surface area contributed by atoms with Crippen molar-refractivity contribution in [2.45, 2.75) is 19.4 Å². The third-order valence-electron chi connectivity index (χ3n) is 3.77. The maximum atomic E-state index is 12.4. The Kier molecular flexibility index (Phi) is 6.82. The second-order valence-electron chi connectivity index (χ2n) is 5.66. The van der Waals surface area contributed by atoms with E-state index in [0.29, 0.717) is 18.9 Å². The van der Waals surface area contributed by atoms with E-state index in [-0.39, 0.29) is 6.61 Å². The molecule has 7 nitrogen and oxygen atoms in total. The summed E-state index contributed by atoms with van der Waals surface area (Å²) in [4.78, 5) is 24.2. The Bertz CT molecular complexity index is 614. The molecule has 2 amide bonds. The molecule has 2 atom stereocenters. The molecule has 0 radical (unpaired) electrons. The molecule has 1 heterocycles. The van der Waals surface area contributed by atoms with Gasteiger partial charge in [-0.2, -0.15) is 0 Å². The van der Waals surface area contributed by atoms with Crippen molar-refractivity contribution in [2.24, 2.45) is 5.92 Å². The highest BCUT2D eigenvalue weighted by atomic mass is 16.6. The number of methoxy groups -OCH3 is 1. The number of hydrogen-bond acceptors (Lipinski definition) is 5. The second kappa shape index (κ2) is 9.08. The molecular weight excluding hydrogens is 324 g/mol. The van der Waals surface area contributed by atoms with Crippen LogP contribution >= 0.6 is 0 Å². The molecule has 2 N–H and O–H groups in total. The third kappa shape index (κ3) is 4.96. The summed E-state index contributed by atoms with van der Waals surface area (Å²) in [6.07, 6.45) is 0.918. The van der Waals surface area contributed by atoms with Gasteiger partial charge in [0.15, 0.2) is 0 Å². The first-order valence-electron chi connectivity index (χ1n) is 8.21. The number of ether oxygens (including phenoxy) is 3. The van der Waals surface area contributed by atoms with Crippen LogP contribution in [-0.4, -0.2) is 38.9 Å². The van der Waals surface area contributed by atoms with Crippen LogP contribution in [0, 0.1) is 5.92 Å². The number of esters is 1. The van der Waals surface area contributed by atoms with Gasteiger partial charge in [0.2, 0.25) is 0 Å². The highest BCUT2D eigenvalue weighted by molar-refractivity contribution is 5.85. The summed E-state index contributed by atoms with van der Waals surface area (Å²) in [5.41, 5.74) is 1.08. The molecule has 2 rings (SSSR count). The molecule has 1 aliphatic rings. The summed E-state index contributed by atoms with van der Waals surface area (Å²) in [5, 5.41) is 5.30. The SMILES string of the molecule is C=C1NC(=O)N[C@@H](c2ccc(OCCC)cc2)[C@@H]1C(=O)OCCOC.